The molecule has 136 valence electrons. The number of rotatable bonds is 3. The van der Waals surface area contributed by atoms with Gasteiger partial charge in [-0.1, -0.05) is 0 Å². The molecule has 0 N–H and O–H groups in total. The molecule has 1 aliphatic rings. The molecule has 26 heavy (non-hydrogen) atoms. The van der Waals surface area contributed by atoms with Crippen molar-refractivity contribution in [2.24, 2.45) is 0 Å². The number of pyridine rings is 1. The molecule has 0 atom stereocenters. The maximum absolute atomic E-state index is 12.8. The molecule has 6 nitrogen and oxygen atoms in total. The number of hydrogen-bond acceptors (Lipinski definition) is 4. The van der Waals surface area contributed by atoms with Crippen LogP contribution in [0.15, 0.2) is 42.7 Å². The van der Waals surface area contributed by atoms with Gasteiger partial charge in [-0.05, 0) is 49.2 Å². The second-order valence-electron chi connectivity index (χ2n) is 6.36. The van der Waals surface area contributed by atoms with E-state index in [1.54, 1.807) is 37.7 Å². The van der Waals surface area contributed by atoms with E-state index in [0.717, 1.165) is 17.7 Å². The monoisotopic (exact) mass is 353 g/mol. The molecule has 0 aliphatic carbocycles. The summed E-state index contributed by atoms with van der Waals surface area (Å²) in [4.78, 5) is 33.0. The van der Waals surface area contributed by atoms with Crippen LogP contribution >= 0.6 is 0 Å². The Morgan fingerprint density at radius 1 is 0.923 bits per heavy atom. The third kappa shape index (κ3) is 3.85. The Hall–Kier alpha value is -2.89. The second-order valence-corrected chi connectivity index (χ2v) is 6.36. The molecule has 2 aromatic rings. The van der Waals surface area contributed by atoms with E-state index in [1.165, 1.54) is 0 Å². The molecular weight excluding hydrogens is 330 g/mol. The summed E-state index contributed by atoms with van der Waals surface area (Å²) in [7, 11) is 1.62. The summed E-state index contributed by atoms with van der Waals surface area (Å²) in [6.07, 6.45) is 4.00. The van der Waals surface area contributed by atoms with Crippen molar-refractivity contribution in [2.75, 3.05) is 33.3 Å². The van der Waals surface area contributed by atoms with Gasteiger partial charge in [0.2, 0.25) is 0 Å². The number of ether oxygens (including phenoxy) is 1. The van der Waals surface area contributed by atoms with E-state index in [0.29, 0.717) is 37.3 Å². The molecule has 1 aromatic carbocycles. The number of nitrogens with zero attached hydrogens (tertiary/aromatic N) is 3. The first-order valence-electron chi connectivity index (χ1n) is 8.73. The molecule has 3 rings (SSSR count). The number of amides is 2. The number of aromatic nitrogens is 1. The first-order valence-corrected chi connectivity index (χ1v) is 8.73. The molecule has 2 heterocycles. The zero-order valence-corrected chi connectivity index (χ0v) is 15.1. The summed E-state index contributed by atoms with van der Waals surface area (Å²) < 4.78 is 5.25. The first kappa shape index (κ1) is 17.9. The Morgan fingerprint density at radius 2 is 1.54 bits per heavy atom. The smallest absolute Gasteiger partial charge is 0.254 e. The molecule has 0 bridgehead atoms. The number of benzene rings is 1. The van der Waals surface area contributed by atoms with Crippen LogP contribution in [0.2, 0.25) is 0 Å². The minimum absolute atomic E-state index is 0.00559. The number of carbonyl (C=O) groups is 2. The van der Waals surface area contributed by atoms with Gasteiger partial charge in [-0.3, -0.25) is 14.6 Å². The van der Waals surface area contributed by atoms with Gasteiger partial charge in [0.15, 0.2) is 0 Å². The Kier molecular flexibility index (Phi) is 5.51. The van der Waals surface area contributed by atoms with Crippen LogP contribution in [-0.4, -0.2) is 59.9 Å². The molecule has 0 saturated carbocycles. The maximum Gasteiger partial charge on any atom is 0.254 e. The van der Waals surface area contributed by atoms with Crippen LogP contribution in [0.4, 0.5) is 0 Å². The number of hydrogen-bond donors (Lipinski definition) is 0. The number of aryl methyl sites for hydroxylation is 1. The van der Waals surface area contributed by atoms with Gasteiger partial charge in [-0.25, -0.2) is 0 Å². The van der Waals surface area contributed by atoms with E-state index < -0.39 is 0 Å². The van der Waals surface area contributed by atoms with Crippen LogP contribution in [0, 0.1) is 6.92 Å². The normalized spacial score (nSPS) is 14.7. The van der Waals surface area contributed by atoms with Gasteiger partial charge in [0.25, 0.3) is 11.8 Å². The Bertz CT molecular complexity index is 792. The van der Waals surface area contributed by atoms with Crippen molar-refractivity contribution in [1.82, 2.24) is 14.8 Å². The lowest BCUT2D eigenvalue weighted by Crippen LogP contribution is -2.37. The molecular formula is C20H23N3O3. The predicted molar refractivity (Wildman–Crippen MR) is 98.4 cm³/mol. The first-order chi connectivity index (χ1) is 12.6. The van der Waals surface area contributed by atoms with Crippen molar-refractivity contribution >= 4 is 11.8 Å². The third-order valence-electron chi connectivity index (χ3n) is 4.64. The highest BCUT2D eigenvalue weighted by molar-refractivity contribution is 5.95. The van der Waals surface area contributed by atoms with Crippen LogP contribution in [-0.2, 0) is 0 Å². The van der Waals surface area contributed by atoms with Gasteiger partial charge in [0.1, 0.15) is 5.75 Å². The quantitative estimate of drug-likeness (QED) is 0.850. The van der Waals surface area contributed by atoms with Crippen molar-refractivity contribution < 1.29 is 14.3 Å². The highest BCUT2D eigenvalue weighted by Crippen LogP contribution is 2.20. The summed E-state index contributed by atoms with van der Waals surface area (Å²) in [5.74, 6) is 0.752. The largest absolute Gasteiger partial charge is 0.496 e. The Labute approximate surface area is 153 Å². The van der Waals surface area contributed by atoms with Crippen molar-refractivity contribution in [3.63, 3.8) is 0 Å². The molecule has 1 saturated heterocycles. The van der Waals surface area contributed by atoms with Gasteiger partial charge in [0, 0.05) is 49.7 Å². The SMILES string of the molecule is COc1ccc(C(=O)N2CCCN(C(=O)c3ccncc3)CC2)cc1C. The topological polar surface area (TPSA) is 62.7 Å². The molecule has 2 amide bonds. The molecule has 0 radical (unpaired) electrons. The molecule has 0 unspecified atom stereocenters. The summed E-state index contributed by atoms with van der Waals surface area (Å²) in [5, 5.41) is 0. The van der Waals surface area contributed by atoms with Gasteiger partial charge >= 0.3 is 0 Å². The predicted octanol–water partition coefficient (Wildman–Crippen LogP) is 2.39. The van der Waals surface area contributed by atoms with Crippen LogP contribution in [0.25, 0.3) is 0 Å². The lowest BCUT2D eigenvalue weighted by Gasteiger charge is -2.22. The summed E-state index contributed by atoms with van der Waals surface area (Å²) in [5.41, 5.74) is 2.21. The van der Waals surface area contributed by atoms with Gasteiger partial charge in [0.05, 0.1) is 7.11 Å². The average Bonchev–Trinajstić information content (AvgIpc) is 2.93. The fourth-order valence-electron chi connectivity index (χ4n) is 3.19. The van der Waals surface area contributed by atoms with Crippen LogP contribution in [0.1, 0.15) is 32.7 Å². The molecule has 1 aromatic heterocycles. The lowest BCUT2D eigenvalue weighted by molar-refractivity contribution is 0.0718. The van der Waals surface area contributed by atoms with Crippen LogP contribution in [0.3, 0.4) is 0 Å². The van der Waals surface area contributed by atoms with Crippen molar-refractivity contribution in [3.05, 3.63) is 59.4 Å². The van der Waals surface area contributed by atoms with Crippen LogP contribution < -0.4 is 4.74 Å². The zero-order valence-electron chi connectivity index (χ0n) is 15.1. The molecule has 1 fully saturated rings. The zero-order chi connectivity index (χ0) is 18.5. The fraction of sp³-hybridized carbons (Fsp3) is 0.350. The van der Waals surface area contributed by atoms with Crippen molar-refractivity contribution in [1.29, 1.82) is 0 Å². The summed E-state index contributed by atoms with van der Waals surface area (Å²) in [6.45, 7) is 4.27. The van der Waals surface area contributed by atoms with Crippen molar-refractivity contribution in [2.45, 2.75) is 13.3 Å². The molecule has 0 spiro atoms. The fourth-order valence-corrected chi connectivity index (χ4v) is 3.19. The van der Waals surface area contributed by atoms with Crippen molar-refractivity contribution in [3.8, 4) is 5.75 Å². The van der Waals surface area contributed by atoms with E-state index in [4.69, 9.17) is 4.74 Å². The minimum atomic E-state index is -0.0120. The van der Waals surface area contributed by atoms with E-state index in [2.05, 4.69) is 4.98 Å². The van der Waals surface area contributed by atoms with E-state index in [-0.39, 0.29) is 11.8 Å². The maximum atomic E-state index is 12.8. The second kappa shape index (κ2) is 7.99. The lowest BCUT2D eigenvalue weighted by atomic mass is 10.1. The summed E-state index contributed by atoms with van der Waals surface area (Å²) in [6, 6.07) is 8.90. The van der Waals surface area contributed by atoms with Gasteiger partial charge < -0.3 is 14.5 Å². The van der Waals surface area contributed by atoms with E-state index in [1.807, 2.05) is 28.9 Å². The number of carbonyl (C=O) groups excluding carboxylic acids is 2. The third-order valence-corrected chi connectivity index (χ3v) is 4.64. The van der Waals surface area contributed by atoms with E-state index >= 15 is 0 Å². The highest BCUT2D eigenvalue weighted by Gasteiger charge is 2.23. The summed E-state index contributed by atoms with van der Waals surface area (Å²) >= 11 is 0. The Balaban J connectivity index is 1.67. The van der Waals surface area contributed by atoms with Gasteiger partial charge in [-0.15, -0.1) is 0 Å². The van der Waals surface area contributed by atoms with E-state index in [9.17, 15) is 9.59 Å². The molecule has 6 heteroatoms. The Morgan fingerprint density at radius 3 is 2.12 bits per heavy atom. The van der Waals surface area contributed by atoms with Gasteiger partial charge in [-0.2, -0.15) is 0 Å². The molecule has 1 aliphatic heterocycles. The standard InChI is InChI=1S/C20H23N3O3/c1-15-14-17(4-5-18(15)26-2)20(25)23-11-3-10-22(12-13-23)19(24)16-6-8-21-9-7-16/h4-9,14H,3,10-13H2,1-2H3. The van der Waals surface area contributed by atoms with Crippen LogP contribution in [0.5, 0.6) is 5.75 Å². The average molecular weight is 353 g/mol. The highest BCUT2D eigenvalue weighted by atomic mass is 16.5. The number of methoxy groups -OCH3 is 1. The minimum Gasteiger partial charge on any atom is -0.496 e.